The highest BCUT2D eigenvalue weighted by Crippen LogP contribution is 2.33. The van der Waals surface area contributed by atoms with Crippen LogP contribution in [-0.4, -0.2) is 24.5 Å². The molecule has 1 aliphatic rings. The van der Waals surface area contributed by atoms with E-state index in [9.17, 15) is 9.59 Å². The van der Waals surface area contributed by atoms with E-state index in [-0.39, 0.29) is 5.54 Å². The number of hydrogen-bond acceptors (Lipinski definition) is 3. The maximum absolute atomic E-state index is 11.1. The van der Waals surface area contributed by atoms with Crippen molar-refractivity contribution in [1.29, 1.82) is 0 Å². The first-order valence-electron chi connectivity index (χ1n) is 4.82. The molecule has 2 atom stereocenters. The first kappa shape index (κ1) is 11.0. The van der Waals surface area contributed by atoms with E-state index in [2.05, 4.69) is 10.6 Å². The van der Waals surface area contributed by atoms with Gasteiger partial charge in [0.1, 0.15) is 0 Å². The summed E-state index contributed by atoms with van der Waals surface area (Å²) in [7, 11) is 0. The van der Waals surface area contributed by atoms with Gasteiger partial charge in [-0.1, -0.05) is 0 Å². The summed E-state index contributed by atoms with van der Waals surface area (Å²) in [4.78, 5) is 21.1. The van der Waals surface area contributed by atoms with Gasteiger partial charge in [-0.2, -0.15) is 0 Å². The Morgan fingerprint density at radius 1 is 1.71 bits per heavy atom. The monoisotopic (exact) mass is 199 g/mol. The summed E-state index contributed by atoms with van der Waals surface area (Å²) in [5, 5.41) is 4.85. The van der Waals surface area contributed by atoms with Crippen molar-refractivity contribution in [3.8, 4) is 0 Å². The van der Waals surface area contributed by atoms with Crippen molar-refractivity contribution in [2.24, 2.45) is 11.7 Å². The molecule has 1 aliphatic carbocycles. The van der Waals surface area contributed by atoms with Crippen molar-refractivity contribution in [2.75, 3.05) is 6.54 Å². The topological polar surface area (TPSA) is 84.2 Å². The Morgan fingerprint density at radius 2 is 2.43 bits per heavy atom. The normalized spacial score (nSPS) is 31.1. The zero-order chi connectivity index (χ0) is 10.6. The summed E-state index contributed by atoms with van der Waals surface area (Å²) in [5.74, 6) is 0.483. The van der Waals surface area contributed by atoms with E-state index in [1.54, 1.807) is 0 Å². The van der Waals surface area contributed by atoms with Crippen molar-refractivity contribution in [3.63, 3.8) is 0 Å². The van der Waals surface area contributed by atoms with Crippen molar-refractivity contribution in [3.05, 3.63) is 0 Å². The van der Waals surface area contributed by atoms with Crippen LogP contribution in [0.5, 0.6) is 0 Å². The average Bonchev–Trinajstić information content (AvgIpc) is 2.47. The van der Waals surface area contributed by atoms with Gasteiger partial charge in [0.05, 0.1) is 0 Å². The molecule has 5 heteroatoms. The van der Waals surface area contributed by atoms with Gasteiger partial charge in [-0.3, -0.25) is 10.1 Å². The molecule has 80 valence electrons. The Hall–Kier alpha value is -1.10. The summed E-state index contributed by atoms with van der Waals surface area (Å²) < 4.78 is 0. The fourth-order valence-electron chi connectivity index (χ4n) is 2.04. The molecule has 1 rings (SSSR count). The Morgan fingerprint density at radius 3 is 2.93 bits per heavy atom. The molecule has 0 spiro atoms. The molecule has 1 fully saturated rings. The van der Waals surface area contributed by atoms with E-state index < -0.39 is 6.03 Å². The molecular formula is C9H17N3O2. The maximum Gasteiger partial charge on any atom is 0.321 e. The van der Waals surface area contributed by atoms with Gasteiger partial charge in [0.15, 0.2) is 0 Å². The van der Waals surface area contributed by atoms with Gasteiger partial charge in [0.2, 0.25) is 6.41 Å². The fraction of sp³-hybridized carbons (Fsp3) is 0.778. The zero-order valence-electron chi connectivity index (χ0n) is 8.38. The number of carbonyl (C=O) groups is 2. The second-order valence-electron chi connectivity index (χ2n) is 4.12. The second kappa shape index (κ2) is 4.41. The van der Waals surface area contributed by atoms with Gasteiger partial charge < -0.3 is 11.1 Å². The highest BCUT2D eigenvalue weighted by molar-refractivity contribution is 5.84. The number of hydrogen-bond donors (Lipinski definition) is 3. The lowest BCUT2D eigenvalue weighted by molar-refractivity contribution is -0.108. The lowest BCUT2D eigenvalue weighted by atomic mass is 9.99. The van der Waals surface area contributed by atoms with Crippen molar-refractivity contribution < 1.29 is 9.59 Å². The van der Waals surface area contributed by atoms with Gasteiger partial charge in [-0.05, 0) is 38.6 Å². The van der Waals surface area contributed by atoms with Crippen molar-refractivity contribution in [2.45, 2.75) is 31.7 Å². The van der Waals surface area contributed by atoms with Gasteiger partial charge >= 0.3 is 6.03 Å². The standard InChI is InChI=1S/C9H17N3O2/c1-9(12-8(14)11-6-13)3-2-7(4-9)5-10/h6-7H,2-5,10H2,1H3,(H2,11,12,13,14). The number of urea groups is 1. The molecule has 0 radical (unpaired) electrons. The number of amides is 3. The van der Waals surface area contributed by atoms with E-state index in [1.807, 2.05) is 6.92 Å². The molecular weight excluding hydrogens is 182 g/mol. The Kier molecular flexibility index (Phi) is 3.46. The van der Waals surface area contributed by atoms with Crippen LogP contribution < -0.4 is 16.4 Å². The number of nitrogens with two attached hydrogens (primary N) is 1. The summed E-state index contributed by atoms with van der Waals surface area (Å²) in [6.07, 6.45) is 3.22. The summed E-state index contributed by atoms with van der Waals surface area (Å²) in [6.45, 7) is 2.64. The van der Waals surface area contributed by atoms with Crippen LogP contribution in [0.1, 0.15) is 26.2 Å². The Balaban J connectivity index is 2.43. The molecule has 0 saturated heterocycles. The largest absolute Gasteiger partial charge is 0.333 e. The quantitative estimate of drug-likeness (QED) is 0.557. The molecule has 4 N–H and O–H groups in total. The number of carbonyl (C=O) groups excluding carboxylic acids is 2. The van der Waals surface area contributed by atoms with E-state index in [4.69, 9.17) is 5.73 Å². The smallest absolute Gasteiger partial charge is 0.321 e. The predicted molar refractivity (Wildman–Crippen MR) is 52.5 cm³/mol. The molecule has 2 unspecified atom stereocenters. The molecule has 3 amide bonds. The van der Waals surface area contributed by atoms with Crippen LogP contribution in [0.2, 0.25) is 0 Å². The predicted octanol–water partition coefficient (Wildman–Crippen LogP) is -0.0405. The zero-order valence-corrected chi connectivity index (χ0v) is 8.38. The number of nitrogens with one attached hydrogen (secondary N) is 2. The van der Waals surface area contributed by atoms with E-state index >= 15 is 0 Å². The minimum Gasteiger partial charge on any atom is -0.333 e. The molecule has 0 bridgehead atoms. The highest BCUT2D eigenvalue weighted by Gasteiger charge is 2.35. The van der Waals surface area contributed by atoms with Crippen molar-refractivity contribution in [1.82, 2.24) is 10.6 Å². The summed E-state index contributed by atoms with van der Waals surface area (Å²) in [5.41, 5.74) is 5.35. The van der Waals surface area contributed by atoms with Gasteiger partial charge in [-0.15, -0.1) is 0 Å². The molecule has 1 saturated carbocycles. The molecule has 14 heavy (non-hydrogen) atoms. The minimum atomic E-state index is -0.430. The lowest BCUT2D eigenvalue weighted by Gasteiger charge is -2.25. The molecule has 0 aliphatic heterocycles. The van der Waals surface area contributed by atoms with Crippen molar-refractivity contribution >= 4 is 12.4 Å². The van der Waals surface area contributed by atoms with Crippen LogP contribution >= 0.6 is 0 Å². The molecule has 0 aromatic heterocycles. The van der Waals surface area contributed by atoms with E-state index in [0.29, 0.717) is 18.9 Å². The Bertz CT molecular complexity index is 232. The first-order chi connectivity index (χ1) is 6.59. The highest BCUT2D eigenvalue weighted by atomic mass is 16.2. The molecule has 5 nitrogen and oxygen atoms in total. The summed E-state index contributed by atoms with van der Waals surface area (Å²) in [6, 6.07) is -0.430. The van der Waals surface area contributed by atoms with Gasteiger partial charge in [0, 0.05) is 5.54 Å². The van der Waals surface area contributed by atoms with Crippen LogP contribution in [0.4, 0.5) is 4.79 Å². The third kappa shape index (κ3) is 2.70. The molecule has 0 aromatic carbocycles. The average molecular weight is 199 g/mol. The van der Waals surface area contributed by atoms with E-state index in [0.717, 1.165) is 19.3 Å². The van der Waals surface area contributed by atoms with Crippen LogP contribution in [-0.2, 0) is 4.79 Å². The number of rotatable bonds is 3. The van der Waals surface area contributed by atoms with Crippen LogP contribution in [0.15, 0.2) is 0 Å². The summed E-state index contributed by atoms with van der Waals surface area (Å²) >= 11 is 0. The van der Waals surface area contributed by atoms with Gasteiger partial charge in [0.25, 0.3) is 0 Å². The molecule has 0 aromatic rings. The third-order valence-corrected chi connectivity index (χ3v) is 2.78. The number of imide groups is 1. The third-order valence-electron chi connectivity index (χ3n) is 2.78. The second-order valence-corrected chi connectivity index (χ2v) is 4.12. The maximum atomic E-state index is 11.1. The SMILES string of the molecule is CC1(NC(=O)NC=O)CCC(CN)C1. The lowest BCUT2D eigenvalue weighted by Crippen LogP contribution is -2.48. The van der Waals surface area contributed by atoms with Crippen LogP contribution in [0.3, 0.4) is 0 Å². The molecule has 0 heterocycles. The van der Waals surface area contributed by atoms with Crippen LogP contribution in [0.25, 0.3) is 0 Å². The Labute approximate surface area is 83.4 Å². The first-order valence-corrected chi connectivity index (χ1v) is 4.82. The van der Waals surface area contributed by atoms with Crippen LogP contribution in [0, 0.1) is 5.92 Å². The fourth-order valence-corrected chi connectivity index (χ4v) is 2.04. The van der Waals surface area contributed by atoms with Gasteiger partial charge in [-0.25, -0.2) is 4.79 Å². The minimum absolute atomic E-state index is 0.211. The van der Waals surface area contributed by atoms with E-state index in [1.165, 1.54) is 0 Å².